The van der Waals surface area contributed by atoms with Crippen LogP contribution in [0.25, 0.3) is 0 Å². The fourth-order valence-corrected chi connectivity index (χ4v) is 2.34. The first-order chi connectivity index (χ1) is 9.06. The molecule has 0 aliphatic heterocycles. The number of hydrogen-bond acceptors (Lipinski definition) is 4. The van der Waals surface area contributed by atoms with Gasteiger partial charge in [0, 0.05) is 12.6 Å². The standard InChI is InChI=1S/C13H18N2O4/c1-8-2-4-9(5-3-8)7-14-12(16)10-6-11(13(17)18)19-15-10/h6,8-9H,2-5,7H2,1H3,(H,14,16)(H,17,18). The number of amides is 1. The highest BCUT2D eigenvalue weighted by atomic mass is 16.5. The third-order valence-corrected chi connectivity index (χ3v) is 3.64. The normalized spacial score (nSPS) is 23.0. The van der Waals surface area contributed by atoms with Crippen LogP contribution in [0.1, 0.15) is 53.7 Å². The molecule has 1 aromatic heterocycles. The Kier molecular flexibility index (Phi) is 4.19. The van der Waals surface area contributed by atoms with E-state index in [0.717, 1.165) is 24.8 Å². The molecule has 0 unspecified atom stereocenters. The molecule has 0 bridgehead atoms. The lowest BCUT2D eigenvalue weighted by Crippen LogP contribution is -2.31. The van der Waals surface area contributed by atoms with Crippen molar-refractivity contribution in [3.63, 3.8) is 0 Å². The topological polar surface area (TPSA) is 92.4 Å². The van der Waals surface area contributed by atoms with E-state index in [4.69, 9.17) is 5.11 Å². The van der Waals surface area contributed by atoms with Crippen molar-refractivity contribution in [3.05, 3.63) is 17.5 Å². The highest BCUT2D eigenvalue weighted by Crippen LogP contribution is 2.27. The lowest BCUT2D eigenvalue weighted by Gasteiger charge is -2.25. The number of carbonyl (C=O) groups excluding carboxylic acids is 1. The number of carboxylic acid groups (broad SMARTS) is 1. The van der Waals surface area contributed by atoms with Crippen molar-refractivity contribution in [2.45, 2.75) is 32.6 Å². The lowest BCUT2D eigenvalue weighted by atomic mass is 9.83. The number of carbonyl (C=O) groups is 2. The molecule has 0 radical (unpaired) electrons. The van der Waals surface area contributed by atoms with E-state index in [2.05, 4.69) is 21.9 Å². The number of nitrogens with zero attached hydrogens (tertiary/aromatic N) is 1. The molecule has 1 heterocycles. The summed E-state index contributed by atoms with van der Waals surface area (Å²) in [5, 5.41) is 14.9. The highest BCUT2D eigenvalue weighted by molar-refractivity contribution is 5.94. The molecule has 2 N–H and O–H groups in total. The Hall–Kier alpha value is -1.85. The van der Waals surface area contributed by atoms with Gasteiger partial charge in [-0.1, -0.05) is 24.9 Å². The van der Waals surface area contributed by atoms with Gasteiger partial charge < -0.3 is 14.9 Å². The van der Waals surface area contributed by atoms with Crippen LogP contribution < -0.4 is 5.32 Å². The van der Waals surface area contributed by atoms with E-state index in [1.54, 1.807) is 0 Å². The first kappa shape index (κ1) is 13.6. The minimum absolute atomic E-state index is 0.0153. The summed E-state index contributed by atoms with van der Waals surface area (Å²) in [7, 11) is 0. The van der Waals surface area contributed by atoms with Gasteiger partial charge in [0.05, 0.1) is 0 Å². The van der Waals surface area contributed by atoms with Crippen molar-refractivity contribution >= 4 is 11.9 Å². The first-order valence-corrected chi connectivity index (χ1v) is 6.54. The molecule has 6 heteroatoms. The molecule has 1 aliphatic carbocycles. The van der Waals surface area contributed by atoms with Crippen LogP contribution in [0.2, 0.25) is 0 Å². The summed E-state index contributed by atoms with van der Waals surface area (Å²) >= 11 is 0. The second kappa shape index (κ2) is 5.86. The quantitative estimate of drug-likeness (QED) is 0.868. The zero-order chi connectivity index (χ0) is 13.8. The maximum Gasteiger partial charge on any atom is 0.374 e. The summed E-state index contributed by atoms with van der Waals surface area (Å²) < 4.78 is 4.54. The Morgan fingerprint density at radius 1 is 1.42 bits per heavy atom. The second-order valence-electron chi connectivity index (χ2n) is 5.22. The van der Waals surface area contributed by atoms with Crippen LogP contribution in [0.5, 0.6) is 0 Å². The van der Waals surface area contributed by atoms with Gasteiger partial charge in [-0.25, -0.2) is 4.79 Å². The smallest absolute Gasteiger partial charge is 0.374 e. The van der Waals surface area contributed by atoms with Gasteiger partial charge in [0.25, 0.3) is 5.91 Å². The van der Waals surface area contributed by atoms with Crippen LogP contribution >= 0.6 is 0 Å². The van der Waals surface area contributed by atoms with Gasteiger partial charge in [-0.2, -0.15) is 0 Å². The maximum atomic E-state index is 11.8. The van der Waals surface area contributed by atoms with Crippen molar-refractivity contribution in [1.82, 2.24) is 10.5 Å². The predicted molar refractivity (Wildman–Crippen MR) is 66.9 cm³/mol. The number of hydrogen-bond donors (Lipinski definition) is 2. The van der Waals surface area contributed by atoms with Gasteiger partial charge in [-0.3, -0.25) is 4.79 Å². The Balaban J connectivity index is 1.82. The number of aromatic carboxylic acids is 1. The molecule has 1 aromatic rings. The molecule has 0 aromatic carbocycles. The van der Waals surface area contributed by atoms with Crippen LogP contribution in [0.15, 0.2) is 10.6 Å². The molecule has 6 nitrogen and oxygen atoms in total. The zero-order valence-electron chi connectivity index (χ0n) is 10.9. The molecule has 0 atom stereocenters. The van der Waals surface area contributed by atoms with Crippen LogP contribution in [-0.4, -0.2) is 28.7 Å². The molecule has 1 aliphatic rings. The average Bonchev–Trinajstić information content (AvgIpc) is 2.87. The van der Waals surface area contributed by atoms with E-state index >= 15 is 0 Å². The lowest BCUT2D eigenvalue weighted by molar-refractivity contribution is 0.0651. The molecule has 0 saturated heterocycles. The fourth-order valence-electron chi connectivity index (χ4n) is 2.34. The van der Waals surface area contributed by atoms with Crippen LogP contribution in [0.3, 0.4) is 0 Å². The Labute approximate surface area is 111 Å². The fraction of sp³-hybridized carbons (Fsp3) is 0.615. The third kappa shape index (κ3) is 3.56. The molecular weight excluding hydrogens is 248 g/mol. The average molecular weight is 266 g/mol. The molecule has 104 valence electrons. The Morgan fingerprint density at radius 3 is 2.68 bits per heavy atom. The van der Waals surface area contributed by atoms with Crippen LogP contribution in [0, 0.1) is 11.8 Å². The van der Waals surface area contributed by atoms with E-state index in [1.165, 1.54) is 12.8 Å². The van der Waals surface area contributed by atoms with Crippen LogP contribution in [-0.2, 0) is 0 Å². The molecule has 1 fully saturated rings. The number of carboxylic acids is 1. The highest BCUT2D eigenvalue weighted by Gasteiger charge is 2.20. The largest absolute Gasteiger partial charge is 0.475 e. The maximum absolute atomic E-state index is 11.8. The minimum Gasteiger partial charge on any atom is -0.475 e. The van der Waals surface area contributed by atoms with E-state index in [-0.39, 0.29) is 17.4 Å². The van der Waals surface area contributed by atoms with Gasteiger partial charge in [-0.15, -0.1) is 0 Å². The Morgan fingerprint density at radius 2 is 2.11 bits per heavy atom. The monoisotopic (exact) mass is 266 g/mol. The van der Waals surface area contributed by atoms with E-state index in [1.807, 2.05) is 0 Å². The number of aromatic nitrogens is 1. The first-order valence-electron chi connectivity index (χ1n) is 6.54. The van der Waals surface area contributed by atoms with E-state index in [9.17, 15) is 9.59 Å². The van der Waals surface area contributed by atoms with Gasteiger partial charge in [0.15, 0.2) is 5.69 Å². The molecule has 19 heavy (non-hydrogen) atoms. The molecule has 2 rings (SSSR count). The molecule has 1 saturated carbocycles. The summed E-state index contributed by atoms with van der Waals surface area (Å²) in [6.45, 7) is 2.86. The summed E-state index contributed by atoms with van der Waals surface area (Å²) in [4.78, 5) is 22.4. The van der Waals surface area contributed by atoms with Gasteiger partial charge >= 0.3 is 5.97 Å². The Bertz CT molecular complexity index is 461. The van der Waals surface area contributed by atoms with Crippen molar-refractivity contribution in [2.24, 2.45) is 11.8 Å². The summed E-state index contributed by atoms with van der Waals surface area (Å²) in [5.41, 5.74) is 0.0153. The molecule has 0 spiro atoms. The SMILES string of the molecule is CC1CCC(CNC(=O)c2cc(C(=O)O)on2)CC1. The second-order valence-corrected chi connectivity index (χ2v) is 5.22. The summed E-state index contributed by atoms with van der Waals surface area (Å²) in [6, 6.07) is 1.14. The zero-order valence-corrected chi connectivity index (χ0v) is 10.9. The molecular formula is C13H18N2O4. The number of nitrogens with one attached hydrogen (secondary N) is 1. The third-order valence-electron chi connectivity index (χ3n) is 3.64. The van der Waals surface area contributed by atoms with Crippen molar-refractivity contribution in [2.75, 3.05) is 6.54 Å². The summed E-state index contributed by atoms with van der Waals surface area (Å²) in [5.74, 6) is -0.647. The van der Waals surface area contributed by atoms with Crippen molar-refractivity contribution in [1.29, 1.82) is 0 Å². The predicted octanol–water partition coefficient (Wildman–Crippen LogP) is 1.93. The summed E-state index contributed by atoms with van der Waals surface area (Å²) in [6.07, 6.45) is 4.66. The van der Waals surface area contributed by atoms with E-state index in [0.29, 0.717) is 12.5 Å². The van der Waals surface area contributed by atoms with E-state index < -0.39 is 5.97 Å². The van der Waals surface area contributed by atoms with Crippen LogP contribution in [0.4, 0.5) is 0 Å². The van der Waals surface area contributed by atoms with Crippen molar-refractivity contribution < 1.29 is 19.2 Å². The molecule has 1 amide bonds. The van der Waals surface area contributed by atoms with Crippen molar-refractivity contribution in [3.8, 4) is 0 Å². The van der Waals surface area contributed by atoms with Gasteiger partial charge in [0.2, 0.25) is 5.76 Å². The minimum atomic E-state index is -1.23. The number of rotatable bonds is 4. The van der Waals surface area contributed by atoms with Gasteiger partial charge in [0.1, 0.15) is 0 Å². The van der Waals surface area contributed by atoms with Gasteiger partial charge in [-0.05, 0) is 24.7 Å².